The molecular weight excluding hydrogens is 357 g/mol. The first-order valence-electron chi connectivity index (χ1n) is 8.28. The lowest BCUT2D eigenvalue weighted by Crippen LogP contribution is -2.28. The number of ether oxygens (including phenoxy) is 1. The molecule has 1 aliphatic heterocycles. The van der Waals surface area contributed by atoms with Crippen LogP contribution in [-0.2, 0) is 0 Å². The fraction of sp³-hybridized carbons (Fsp3) is 0.263. The van der Waals surface area contributed by atoms with E-state index >= 15 is 0 Å². The Hall–Kier alpha value is -2.60. The van der Waals surface area contributed by atoms with Gasteiger partial charge in [0.2, 0.25) is 0 Å². The highest BCUT2D eigenvalue weighted by atomic mass is 35.5. The molecule has 0 aliphatic carbocycles. The average molecular weight is 376 g/mol. The second-order valence-electron chi connectivity index (χ2n) is 6.04. The number of nitrogens with one attached hydrogen (secondary N) is 2. The number of anilines is 1. The van der Waals surface area contributed by atoms with E-state index in [1.165, 1.54) is 19.2 Å². The van der Waals surface area contributed by atoms with Gasteiger partial charge in [0, 0.05) is 29.7 Å². The number of amidine groups is 1. The van der Waals surface area contributed by atoms with E-state index in [-0.39, 0.29) is 11.4 Å². The molecular formula is C19H19ClFN3O2. The number of hydrogen-bond acceptors (Lipinski definition) is 3. The molecule has 1 fully saturated rings. The predicted molar refractivity (Wildman–Crippen MR) is 100.0 cm³/mol. The molecule has 5 nitrogen and oxygen atoms in total. The van der Waals surface area contributed by atoms with Crippen LogP contribution in [0.1, 0.15) is 28.8 Å². The first-order valence-corrected chi connectivity index (χ1v) is 8.65. The highest BCUT2D eigenvalue weighted by Crippen LogP contribution is 2.28. The van der Waals surface area contributed by atoms with Crippen molar-refractivity contribution in [1.82, 2.24) is 4.90 Å². The zero-order valence-corrected chi connectivity index (χ0v) is 15.1. The van der Waals surface area contributed by atoms with Gasteiger partial charge in [-0.3, -0.25) is 10.2 Å². The zero-order chi connectivity index (χ0) is 18.7. The third kappa shape index (κ3) is 3.80. The first kappa shape index (κ1) is 18.2. The number of hydrogen-bond donors (Lipinski definition) is 2. The van der Waals surface area contributed by atoms with Crippen LogP contribution in [0.3, 0.4) is 0 Å². The number of benzene rings is 2. The molecule has 26 heavy (non-hydrogen) atoms. The minimum absolute atomic E-state index is 0.0972. The summed E-state index contributed by atoms with van der Waals surface area (Å²) in [5.41, 5.74) is 0.764. The smallest absolute Gasteiger partial charge is 0.258 e. The summed E-state index contributed by atoms with van der Waals surface area (Å²) in [7, 11) is 1.46. The van der Waals surface area contributed by atoms with Crippen molar-refractivity contribution in [3.8, 4) is 5.75 Å². The number of nitrogens with zero attached hydrogens (tertiary/aromatic N) is 1. The summed E-state index contributed by atoms with van der Waals surface area (Å²) in [6, 6.07) is 8.98. The van der Waals surface area contributed by atoms with Gasteiger partial charge in [-0.2, -0.15) is 0 Å². The highest BCUT2D eigenvalue weighted by molar-refractivity contribution is 6.30. The largest absolute Gasteiger partial charge is 0.495 e. The predicted octanol–water partition coefficient (Wildman–Crippen LogP) is 4.16. The zero-order valence-electron chi connectivity index (χ0n) is 14.3. The summed E-state index contributed by atoms with van der Waals surface area (Å²) in [5.74, 6) is -0.592. The maximum absolute atomic E-state index is 14.5. The number of amides is 1. The molecule has 2 aromatic carbocycles. The van der Waals surface area contributed by atoms with Crippen LogP contribution in [0.15, 0.2) is 36.4 Å². The quantitative estimate of drug-likeness (QED) is 0.623. The molecule has 2 aromatic rings. The average Bonchev–Trinajstić information content (AvgIpc) is 3.17. The molecule has 1 aliphatic rings. The van der Waals surface area contributed by atoms with Gasteiger partial charge in [0.15, 0.2) is 0 Å². The molecule has 7 heteroatoms. The Morgan fingerprint density at radius 2 is 1.96 bits per heavy atom. The fourth-order valence-corrected chi connectivity index (χ4v) is 3.09. The molecule has 0 atom stereocenters. The van der Waals surface area contributed by atoms with Crippen LogP contribution in [0, 0.1) is 11.2 Å². The lowest BCUT2D eigenvalue weighted by molar-refractivity contribution is 0.102. The van der Waals surface area contributed by atoms with Crippen molar-refractivity contribution < 1.29 is 13.9 Å². The Balaban J connectivity index is 1.79. The summed E-state index contributed by atoms with van der Waals surface area (Å²) >= 11 is 5.90. The lowest BCUT2D eigenvalue weighted by Gasteiger charge is -2.18. The summed E-state index contributed by atoms with van der Waals surface area (Å²) in [5, 5.41) is 11.3. The van der Waals surface area contributed by atoms with Crippen LogP contribution in [0.2, 0.25) is 5.02 Å². The Morgan fingerprint density at radius 3 is 2.62 bits per heavy atom. The number of carbonyl (C=O) groups excluding carboxylic acids is 1. The monoisotopic (exact) mass is 375 g/mol. The normalized spacial score (nSPS) is 13.6. The Bertz CT molecular complexity index is 851. The number of likely N-dealkylation sites (tertiary alicyclic amines) is 1. The van der Waals surface area contributed by atoms with Gasteiger partial charge in [-0.05, 0) is 37.1 Å². The van der Waals surface area contributed by atoms with E-state index in [0.717, 1.165) is 25.9 Å². The van der Waals surface area contributed by atoms with Gasteiger partial charge in [-0.15, -0.1) is 0 Å². The molecule has 0 radical (unpaired) electrons. The minimum Gasteiger partial charge on any atom is -0.495 e. The van der Waals surface area contributed by atoms with Crippen LogP contribution < -0.4 is 10.1 Å². The third-order valence-electron chi connectivity index (χ3n) is 4.32. The second-order valence-corrected chi connectivity index (χ2v) is 6.47. The van der Waals surface area contributed by atoms with Crippen molar-refractivity contribution in [3.63, 3.8) is 0 Å². The minimum atomic E-state index is -0.670. The van der Waals surface area contributed by atoms with Crippen LogP contribution in [-0.4, -0.2) is 36.8 Å². The number of rotatable bonds is 4. The molecule has 3 rings (SSSR count). The van der Waals surface area contributed by atoms with E-state index in [0.29, 0.717) is 22.0 Å². The molecule has 0 bridgehead atoms. The fourth-order valence-electron chi connectivity index (χ4n) is 2.93. The maximum atomic E-state index is 14.5. The van der Waals surface area contributed by atoms with E-state index in [9.17, 15) is 9.18 Å². The van der Waals surface area contributed by atoms with Crippen LogP contribution in [0.25, 0.3) is 0 Å². The molecule has 1 saturated heterocycles. The van der Waals surface area contributed by atoms with E-state index in [1.807, 2.05) is 4.90 Å². The first-order chi connectivity index (χ1) is 12.5. The van der Waals surface area contributed by atoms with Crippen LogP contribution in [0.5, 0.6) is 5.75 Å². The third-order valence-corrected chi connectivity index (χ3v) is 4.56. The lowest BCUT2D eigenvalue weighted by atomic mass is 10.1. The van der Waals surface area contributed by atoms with Gasteiger partial charge < -0.3 is 15.0 Å². The van der Waals surface area contributed by atoms with Crippen molar-refractivity contribution in [1.29, 1.82) is 5.41 Å². The van der Waals surface area contributed by atoms with E-state index in [1.54, 1.807) is 24.3 Å². The van der Waals surface area contributed by atoms with Crippen LogP contribution >= 0.6 is 11.6 Å². The van der Waals surface area contributed by atoms with Crippen molar-refractivity contribution >= 4 is 29.0 Å². The SMILES string of the molecule is COc1cc(Cl)ccc1NC(=O)c1ccc(C(=N)N2CCCC2)cc1F. The van der Waals surface area contributed by atoms with Gasteiger partial charge in [0.25, 0.3) is 5.91 Å². The summed E-state index contributed by atoms with van der Waals surface area (Å²) in [6.45, 7) is 1.61. The summed E-state index contributed by atoms with van der Waals surface area (Å²) in [6.07, 6.45) is 2.07. The van der Waals surface area contributed by atoms with Crippen molar-refractivity contribution in [2.75, 3.05) is 25.5 Å². The molecule has 1 heterocycles. The van der Waals surface area contributed by atoms with Gasteiger partial charge in [0.1, 0.15) is 17.4 Å². The van der Waals surface area contributed by atoms with Crippen LogP contribution in [0.4, 0.5) is 10.1 Å². The van der Waals surface area contributed by atoms with Crippen molar-refractivity contribution in [3.05, 3.63) is 58.4 Å². The van der Waals surface area contributed by atoms with Gasteiger partial charge >= 0.3 is 0 Å². The molecule has 0 spiro atoms. The summed E-state index contributed by atoms with van der Waals surface area (Å²) in [4.78, 5) is 14.3. The Kier molecular flexibility index (Phi) is 5.42. The Labute approximate surface area is 156 Å². The van der Waals surface area contributed by atoms with Gasteiger partial charge in [-0.25, -0.2) is 4.39 Å². The topological polar surface area (TPSA) is 65.4 Å². The second kappa shape index (κ2) is 7.74. The molecule has 136 valence electrons. The van der Waals surface area contributed by atoms with Gasteiger partial charge in [0.05, 0.1) is 18.4 Å². The van der Waals surface area contributed by atoms with E-state index in [2.05, 4.69) is 5.32 Å². The number of carbonyl (C=O) groups is 1. The summed E-state index contributed by atoms with van der Waals surface area (Å²) < 4.78 is 19.6. The molecule has 0 saturated carbocycles. The molecule has 1 amide bonds. The standard InChI is InChI=1S/C19H19ClFN3O2/c1-26-17-11-13(20)5-7-16(17)23-19(25)14-6-4-12(10-15(14)21)18(22)24-8-2-3-9-24/h4-7,10-11,22H,2-3,8-9H2,1H3,(H,23,25). The number of halogens is 2. The molecule has 0 unspecified atom stereocenters. The maximum Gasteiger partial charge on any atom is 0.258 e. The molecule has 0 aromatic heterocycles. The van der Waals surface area contributed by atoms with Gasteiger partial charge in [-0.1, -0.05) is 17.7 Å². The molecule has 2 N–H and O–H groups in total. The van der Waals surface area contributed by atoms with Crippen molar-refractivity contribution in [2.24, 2.45) is 0 Å². The van der Waals surface area contributed by atoms with Crippen molar-refractivity contribution in [2.45, 2.75) is 12.8 Å². The Morgan fingerprint density at radius 1 is 1.23 bits per heavy atom. The van der Waals surface area contributed by atoms with E-state index < -0.39 is 11.7 Å². The van der Waals surface area contributed by atoms with E-state index in [4.69, 9.17) is 21.7 Å². The highest BCUT2D eigenvalue weighted by Gasteiger charge is 2.19. The number of methoxy groups -OCH3 is 1.